The van der Waals surface area contributed by atoms with Crippen molar-refractivity contribution < 1.29 is 9.53 Å². The Morgan fingerprint density at radius 2 is 2.24 bits per heavy atom. The van der Waals surface area contributed by atoms with Crippen molar-refractivity contribution in [3.63, 3.8) is 0 Å². The van der Waals surface area contributed by atoms with Gasteiger partial charge in [-0.15, -0.1) is 0 Å². The van der Waals surface area contributed by atoms with Crippen LogP contribution in [0.15, 0.2) is 0 Å². The number of hydrogen-bond acceptors (Lipinski definition) is 4. The molecule has 1 fully saturated rings. The van der Waals surface area contributed by atoms with E-state index >= 15 is 0 Å². The molecule has 1 saturated carbocycles. The molecule has 1 aliphatic carbocycles. The molecule has 0 heterocycles. The summed E-state index contributed by atoms with van der Waals surface area (Å²) in [6.45, 7) is 2.56. The zero-order chi connectivity index (χ0) is 12.9. The van der Waals surface area contributed by atoms with Crippen molar-refractivity contribution in [2.75, 3.05) is 33.9 Å². The third-order valence-electron chi connectivity index (χ3n) is 3.87. The lowest BCUT2D eigenvalue weighted by atomic mass is 9.85. The van der Waals surface area contributed by atoms with Crippen molar-refractivity contribution in [3.8, 4) is 0 Å². The first-order chi connectivity index (χ1) is 8.00. The van der Waals surface area contributed by atoms with Crippen molar-refractivity contribution in [1.29, 1.82) is 0 Å². The van der Waals surface area contributed by atoms with Gasteiger partial charge in [0, 0.05) is 13.7 Å². The minimum atomic E-state index is -0.776. The van der Waals surface area contributed by atoms with Crippen LogP contribution in [0.4, 0.5) is 0 Å². The van der Waals surface area contributed by atoms with Gasteiger partial charge in [0.15, 0.2) is 0 Å². The number of primary amides is 1. The molecule has 0 radical (unpaired) electrons. The molecule has 1 rings (SSSR count). The highest BCUT2D eigenvalue weighted by atomic mass is 16.5. The van der Waals surface area contributed by atoms with E-state index in [9.17, 15) is 4.79 Å². The second-order valence-corrected chi connectivity index (χ2v) is 5.08. The molecule has 100 valence electrons. The lowest BCUT2D eigenvalue weighted by molar-refractivity contribution is -0.124. The molecule has 0 spiro atoms. The first-order valence-corrected chi connectivity index (χ1v) is 6.27. The SMILES string of the molecule is COCCN(C)CCC1CCCC1(N)C(N)=O. The van der Waals surface area contributed by atoms with E-state index in [0.29, 0.717) is 0 Å². The molecule has 5 nitrogen and oxygen atoms in total. The van der Waals surface area contributed by atoms with Crippen LogP contribution in [0.25, 0.3) is 0 Å². The van der Waals surface area contributed by atoms with Crippen LogP contribution in [-0.2, 0) is 9.53 Å². The number of ether oxygens (including phenoxy) is 1. The highest BCUT2D eigenvalue weighted by Gasteiger charge is 2.43. The minimum absolute atomic E-state index is 0.227. The zero-order valence-electron chi connectivity index (χ0n) is 10.9. The lowest BCUT2D eigenvalue weighted by Crippen LogP contribution is -2.55. The van der Waals surface area contributed by atoms with E-state index in [1.165, 1.54) is 0 Å². The van der Waals surface area contributed by atoms with E-state index in [1.54, 1.807) is 7.11 Å². The van der Waals surface area contributed by atoms with E-state index in [1.807, 2.05) is 0 Å². The molecule has 4 N–H and O–H groups in total. The first-order valence-electron chi connectivity index (χ1n) is 6.27. The summed E-state index contributed by atoms with van der Waals surface area (Å²) in [5.41, 5.74) is 10.8. The van der Waals surface area contributed by atoms with Gasteiger partial charge >= 0.3 is 0 Å². The molecule has 0 aromatic carbocycles. The van der Waals surface area contributed by atoms with Crippen LogP contribution >= 0.6 is 0 Å². The van der Waals surface area contributed by atoms with Crippen molar-refractivity contribution in [1.82, 2.24) is 4.90 Å². The summed E-state index contributed by atoms with van der Waals surface area (Å²) in [7, 11) is 3.75. The van der Waals surface area contributed by atoms with Crippen molar-refractivity contribution in [2.24, 2.45) is 17.4 Å². The summed E-state index contributed by atoms with van der Waals surface area (Å²) in [5, 5.41) is 0. The van der Waals surface area contributed by atoms with Crippen molar-refractivity contribution >= 4 is 5.91 Å². The summed E-state index contributed by atoms with van der Waals surface area (Å²) in [6.07, 6.45) is 3.68. The monoisotopic (exact) mass is 243 g/mol. The summed E-state index contributed by atoms with van der Waals surface area (Å²) in [6, 6.07) is 0. The van der Waals surface area contributed by atoms with Crippen LogP contribution in [0.1, 0.15) is 25.7 Å². The van der Waals surface area contributed by atoms with E-state index in [-0.39, 0.29) is 11.8 Å². The summed E-state index contributed by atoms with van der Waals surface area (Å²) in [5.74, 6) is -0.121. The van der Waals surface area contributed by atoms with E-state index in [2.05, 4.69) is 11.9 Å². The molecule has 2 atom stereocenters. The van der Waals surface area contributed by atoms with E-state index < -0.39 is 5.54 Å². The number of nitrogens with zero attached hydrogens (tertiary/aromatic N) is 1. The number of likely N-dealkylation sites (N-methyl/N-ethyl adjacent to an activating group) is 1. The fraction of sp³-hybridized carbons (Fsp3) is 0.917. The molecular weight excluding hydrogens is 218 g/mol. The number of nitrogens with two attached hydrogens (primary N) is 2. The largest absolute Gasteiger partial charge is 0.383 e. The van der Waals surface area contributed by atoms with Gasteiger partial charge in [-0.25, -0.2) is 0 Å². The summed E-state index contributed by atoms with van der Waals surface area (Å²) >= 11 is 0. The normalized spacial score (nSPS) is 28.8. The molecule has 1 aliphatic rings. The Hall–Kier alpha value is -0.650. The maximum Gasteiger partial charge on any atom is 0.237 e. The van der Waals surface area contributed by atoms with Crippen LogP contribution < -0.4 is 11.5 Å². The number of amides is 1. The van der Waals surface area contributed by atoms with Gasteiger partial charge in [0.1, 0.15) is 0 Å². The Labute approximate surface area is 103 Å². The number of hydrogen-bond donors (Lipinski definition) is 2. The van der Waals surface area contributed by atoms with Gasteiger partial charge in [0.05, 0.1) is 12.1 Å². The molecular formula is C12H25N3O2. The predicted octanol–water partition coefficient (Wildman–Crippen LogP) is -0.0624. The van der Waals surface area contributed by atoms with Gasteiger partial charge in [-0.2, -0.15) is 0 Å². The highest BCUT2D eigenvalue weighted by molar-refractivity contribution is 5.85. The standard InChI is InChI=1S/C12H25N3O2/c1-15(8-9-17-2)7-5-10-4-3-6-12(10,14)11(13)16/h10H,3-9,14H2,1-2H3,(H2,13,16). The van der Waals surface area contributed by atoms with Gasteiger partial charge in [0.25, 0.3) is 0 Å². The quantitative estimate of drug-likeness (QED) is 0.656. The maximum atomic E-state index is 11.4. The van der Waals surface area contributed by atoms with Crippen LogP contribution in [-0.4, -0.2) is 50.2 Å². The highest BCUT2D eigenvalue weighted by Crippen LogP contribution is 2.35. The Bertz CT molecular complexity index is 260. The van der Waals surface area contributed by atoms with Gasteiger partial charge < -0.3 is 21.1 Å². The second kappa shape index (κ2) is 6.33. The van der Waals surface area contributed by atoms with E-state index in [4.69, 9.17) is 16.2 Å². The number of carbonyl (C=O) groups is 1. The van der Waals surface area contributed by atoms with Crippen LogP contribution in [0, 0.1) is 5.92 Å². The Balaban J connectivity index is 2.38. The topological polar surface area (TPSA) is 81.6 Å². The zero-order valence-corrected chi connectivity index (χ0v) is 10.9. The molecule has 0 aromatic rings. The van der Waals surface area contributed by atoms with Gasteiger partial charge in [-0.3, -0.25) is 4.79 Å². The van der Waals surface area contributed by atoms with Gasteiger partial charge in [-0.1, -0.05) is 6.42 Å². The molecule has 2 unspecified atom stereocenters. The Kier molecular flexibility index (Phi) is 5.36. The van der Waals surface area contributed by atoms with Crippen LogP contribution in [0.3, 0.4) is 0 Å². The molecule has 0 aromatic heterocycles. The molecule has 0 bridgehead atoms. The minimum Gasteiger partial charge on any atom is -0.383 e. The molecule has 17 heavy (non-hydrogen) atoms. The van der Waals surface area contributed by atoms with Crippen LogP contribution in [0.2, 0.25) is 0 Å². The number of carbonyl (C=O) groups excluding carboxylic acids is 1. The first kappa shape index (κ1) is 14.4. The number of rotatable bonds is 7. The number of methoxy groups -OCH3 is 1. The fourth-order valence-corrected chi connectivity index (χ4v) is 2.56. The van der Waals surface area contributed by atoms with Crippen molar-refractivity contribution in [2.45, 2.75) is 31.2 Å². The lowest BCUT2D eigenvalue weighted by Gasteiger charge is -2.29. The smallest absolute Gasteiger partial charge is 0.237 e. The van der Waals surface area contributed by atoms with Crippen molar-refractivity contribution in [3.05, 3.63) is 0 Å². The molecule has 5 heteroatoms. The maximum absolute atomic E-state index is 11.4. The summed E-state index contributed by atoms with van der Waals surface area (Å²) in [4.78, 5) is 13.6. The average Bonchev–Trinajstić information content (AvgIpc) is 2.66. The molecule has 1 amide bonds. The second-order valence-electron chi connectivity index (χ2n) is 5.08. The third-order valence-corrected chi connectivity index (χ3v) is 3.87. The van der Waals surface area contributed by atoms with Gasteiger partial charge in [0.2, 0.25) is 5.91 Å². The average molecular weight is 243 g/mol. The van der Waals surface area contributed by atoms with Crippen LogP contribution in [0.5, 0.6) is 0 Å². The Morgan fingerprint density at radius 1 is 1.53 bits per heavy atom. The molecule has 0 aliphatic heterocycles. The van der Waals surface area contributed by atoms with Gasteiger partial charge in [-0.05, 0) is 38.8 Å². The molecule has 0 saturated heterocycles. The Morgan fingerprint density at radius 3 is 2.82 bits per heavy atom. The van der Waals surface area contributed by atoms with E-state index in [0.717, 1.165) is 45.4 Å². The predicted molar refractivity (Wildman–Crippen MR) is 67.4 cm³/mol. The third kappa shape index (κ3) is 3.66. The summed E-state index contributed by atoms with van der Waals surface area (Å²) < 4.78 is 5.02. The fourth-order valence-electron chi connectivity index (χ4n) is 2.56.